The molecule has 25 heavy (non-hydrogen) atoms. The lowest BCUT2D eigenvalue weighted by atomic mass is 10.1. The summed E-state index contributed by atoms with van der Waals surface area (Å²) in [6.07, 6.45) is 0. The van der Waals surface area contributed by atoms with Gasteiger partial charge in [0, 0.05) is 26.6 Å². The third kappa shape index (κ3) is 7.43. The van der Waals surface area contributed by atoms with E-state index in [1.165, 1.54) is 18.9 Å². The summed E-state index contributed by atoms with van der Waals surface area (Å²) in [6, 6.07) is 6.83. The van der Waals surface area contributed by atoms with E-state index in [4.69, 9.17) is 16.3 Å². The quantitative estimate of drug-likeness (QED) is 0.666. The Morgan fingerprint density at radius 3 is 2.56 bits per heavy atom. The molecular formula is C17H23ClN2O5. The summed E-state index contributed by atoms with van der Waals surface area (Å²) < 4.78 is 10.1. The molecule has 0 aromatic heterocycles. The van der Waals surface area contributed by atoms with Crippen molar-refractivity contribution >= 4 is 29.4 Å². The molecule has 1 unspecified atom stereocenters. The van der Waals surface area contributed by atoms with Crippen LogP contribution in [0.2, 0.25) is 5.02 Å². The number of amides is 2. The van der Waals surface area contributed by atoms with Crippen LogP contribution >= 0.6 is 11.6 Å². The van der Waals surface area contributed by atoms with Gasteiger partial charge in [0.25, 0.3) is 5.91 Å². The molecule has 0 radical (unpaired) electrons. The number of carbonyl (C=O) groups excluding carboxylic acids is 3. The maximum atomic E-state index is 12.4. The number of rotatable bonds is 9. The third-order valence-corrected chi connectivity index (χ3v) is 3.71. The van der Waals surface area contributed by atoms with Gasteiger partial charge >= 0.3 is 5.97 Å². The molecule has 0 aliphatic carbocycles. The minimum absolute atomic E-state index is 0.164. The van der Waals surface area contributed by atoms with E-state index in [9.17, 15) is 14.4 Å². The van der Waals surface area contributed by atoms with Crippen LogP contribution in [-0.2, 0) is 19.1 Å². The summed E-state index contributed by atoms with van der Waals surface area (Å²) in [7, 11) is 1.29. The molecule has 1 aromatic carbocycles. The van der Waals surface area contributed by atoms with Gasteiger partial charge in [-0.2, -0.15) is 0 Å². The van der Waals surface area contributed by atoms with Crippen molar-refractivity contribution in [1.29, 1.82) is 0 Å². The van der Waals surface area contributed by atoms with Gasteiger partial charge in [-0.05, 0) is 12.1 Å². The van der Waals surface area contributed by atoms with Gasteiger partial charge in [-0.25, -0.2) is 0 Å². The summed E-state index contributed by atoms with van der Waals surface area (Å²) in [6.45, 7) is 3.53. The van der Waals surface area contributed by atoms with Gasteiger partial charge in [-0.1, -0.05) is 30.7 Å². The zero-order valence-electron chi connectivity index (χ0n) is 14.6. The molecule has 0 saturated carbocycles. The predicted octanol–water partition coefficient (Wildman–Crippen LogP) is 1.49. The highest BCUT2D eigenvalue weighted by Crippen LogP contribution is 2.23. The van der Waals surface area contributed by atoms with Crippen molar-refractivity contribution in [2.75, 3.05) is 33.4 Å². The van der Waals surface area contributed by atoms with Crippen LogP contribution in [0.4, 0.5) is 0 Å². The maximum Gasteiger partial charge on any atom is 0.310 e. The van der Waals surface area contributed by atoms with Crippen LogP contribution in [0.15, 0.2) is 24.3 Å². The molecule has 1 N–H and O–H groups in total. The predicted molar refractivity (Wildman–Crippen MR) is 93.4 cm³/mol. The summed E-state index contributed by atoms with van der Waals surface area (Å²) in [5.74, 6) is -1.02. The Morgan fingerprint density at radius 1 is 1.28 bits per heavy atom. The van der Waals surface area contributed by atoms with E-state index in [2.05, 4.69) is 10.1 Å². The van der Waals surface area contributed by atoms with Crippen molar-refractivity contribution in [2.45, 2.75) is 13.8 Å². The van der Waals surface area contributed by atoms with Gasteiger partial charge in [0.15, 0.2) is 6.61 Å². The van der Waals surface area contributed by atoms with Crippen LogP contribution < -0.4 is 10.1 Å². The number of carbonyl (C=O) groups is 3. The fraction of sp³-hybridized carbons (Fsp3) is 0.471. The Balaban J connectivity index is 2.68. The Labute approximate surface area is 152 Å². The summed E-state index contributed by atoms with van der Waals surface area (Å²) in [4.78, 5) is 36.5. The van der Waals surface area contributed by atoms with E-state index >= 15 is 0 Å². The second kappa shape index (κ2) is 10.6. The number of hydrogen-bond donors (Lipinski definition) is 1. The number of para-hydroxylation sites is 1. The first-order chi connectivity index (χ1) is 11.8. The molecule has 7 nitrogen and oxygen atoms in total. The average molecular weight is 371 g/mol. The van der Waals surface area contributed by atoms with Crippen molar-refractivity contribution in [3.05, 3.63) is 29.3 Å². The maximum absolute atomic E-state index is 12.4. The van der Waals surface area contributed by atoms with Crippen LogP contribution in [-0.4, -0.2) is 56.0 Å². The highest BCUT2D eigenvalue weighted by atomic mass is 35.5. The van der Waals surface area contributed by atoms with Crippen molar-refractivity contribution in [3.63, 3.8) is 0 Å². The molecule has 0 fully saturated rings. The molecular weight excluding hydrogens is 348 g/mol. The molecule has 2 amide bonds. The number of methoxy groups -OCH3 is 1. The number of esters is 1. The van der Waals surface area contributed by atoms with Crippen LogP contribution in [0.25, 0.3) is 0 Å². The zero-order chi connectivity index (χ0) is 18.8. The number of nitrogens with zero attached hydrogens (tertiary/aromatic N) is 1. The Hall–Kier alpha value is -2.28. The fourth-order valence-electron chi connectivity index (χ4n) is 2.08. The van der Waals surface area contributed by atoms with Crippen LogP contribution in [0.5, 0.6) is 5.75 Å². The first-order valence-electron chi connectivity index (χ1n) is 7.82. The second-order valence-corrected chi connectivity index (χ2v) is 5.87. The fourth-order valence-corrected chi connectivity index (χ4v) is 2.27. The van der Waals surface area contributed by atoms with E-state index in [1.54, 1.807) is 31.2 Å². The molecule has 0 aliphatic rings. The number of nitrogens with one attached hydrogen (secondary N) is 1. The molecule has 0 aliphatic heterocycles. The largest absolute Gasteiger partial charge is 0.482 e. The second-order valence-electron chi connectivity index (χ2n) is 5.47. The molecule has 0 heterocycles. The highest BCUT2D eigenvalue weighted by molar-refractivity contribution is 6.32. The highest BCUT2D eigenvalue weighted by Gasteiger charge is 2.22. The molecule has 1 atom stereocenters. The van der Waals surface area contributed by atoms with Crippen LogP contribution in [0.3, 0.4) is 0 Å². The van der Waals surface area contributed by atoms with Crippen molar-refractivity contribution < 1.29 is 23.9 Å². The molecule has 0 spiro atoms. The van der Waals surface area contributed by atoms with E-state index < -0.39 is 11.9 Å². The topological polar surface area (TPSA) is 84.9 Å². The normalized spacial score (nSPS) is 11.4. The van der Waals surface area contributed by atoms with E-state index in [1.807, 2.05) is 0 Å². The summed E-state index contributed by atoms with van der Waals surface area (Å²) in [5.41, 5.74) is 0. The lowest BCUT2D eigenvalue weighted by molar-refractivity contribution is -0.146. The molecule has 138 valence electrons. The summed E-state index contributed by atoms with van der Waals surface area (Å²) in [5, 5.41) is 3.02. The Kier molecular flexibility index (Phi) is 8.77. The number of ether oxygens (including phenoxy) is 2. The average Bonchev–Trinajstić information content (AvgIpc) is 2.58. The minimum atomic E-state index is -0.494. The third-order valence-electron chi connectivity index (χ3n) is 3.39. The van der Waals surface area contributed by atoms with Crippen molar-refractivity contribution in [2.24, 2.45) is 5.92 Å². The monoisotopic (exact) mass is 370 g/mol. The standard InChI is InChI=1S/C17H23ClN2O5/c1-12(17(23)24-3)10-20(9-8-19-13(2)21)16(22)11-25-15-7-5-4-6-14(15)18/h4-7,12H,8-11H2,1-3H3,(H,19,21). The van der Waals surface area contributed by atoms with Gasteiger partial charge in [-0.3, -0.25) is 14.4 Å². The zero-order valence-corrected chi connectivity index (χ0v) is 15.3. The lowest BCUT2D eigenvalue weighted by Crippen LogP contribution is -2.43. The van der Waals surface area contributed by atoms with Gasteiger partial charge in [0.2, 0.25) is 5.91 Å². The lowest BCUT2D eigenvalue weighted by Gasteiger charge is -2.25. The molecule has 0 saturated heterocycles. The van der Waals surface area contributed by atoms with Crippen LogP contribution in [0.1, 0.15) is 13.8 Å². The van der Waals surface area contributed by atoms with Gasteiger partial charge in [0.1, 0.15) is 5.75 Å². The minimum Gasteiger partial charge on any atom is -0.482 e. The van der Waals surface area contributed by atoms with Gasteiger partial charge in [0.05, 0.1) is 18.1 Å². The van der Waals surface area contributed by atoms with E-state index in [-0.39, 0.29) is 38.1 Å². The number of halogens is 1. The van der Waals surface area contributed by atoms with E-state index in [0.717, 1.165) is 0 Å². The molecule has 1 rings (SSSR count). The van der Waals surface area contributed by atoms with Crippen molar-refractivity contribution in [1.82, 2.24) is 10.2 Å². The first kappa shape index (κ1) is 20.8. The number of benzene rings is 1. The molecule has 0 bridgehead atoms. The number of hydrogen-bond acceptors (Lipinski definition) is 5. The SMILES string of the molecule is COC(=O)C(C)CN(CCNC(C)=O)C(=O)COc1ccccc1Cl. The Morgan fingerprint density at radius 2 is 1.96 bits per heavy atom. The molecule has 8 heteroatoms. The Bertz CT molecular complexity index is 608. The smallest absolute Gasteiger partial charge is 0.310 e. The molecule has 1 aromatic rings. The van der Waals surface area contributed by atoms with Gasteiger partial charge in [-0.15, -0.1) is 0 Å². The van der Waals surface area contributed by atoms with E-state index in [0.29, 0.717) is 10.8 Å². The van der Waals surface area contributed by atoms with Crippen LogP contribution in [0, 0.1) is 5.92 Å². The van der Waals surface area contributed by atoms with Crippen molar-refractivity contribution in [3.8, 4) is 5.75 Å². The van der Waals surface area contributed by atoms with Gasteiger partial charge < -0.3 is 19.7 Å². The first-order valence-corrected chi connectivity index (χ1v) is 8.20. The summed E-state index contributed by atoms with van der Waals surface area (Å²) >= 11 is 5.99.